The zero-order valence-electron chi connectivity index (χ0n) is 10.3. The molecule has 2 rings (SSSR count). The highest BCUT2D eigenvalue weighted by Gasteiger charge is 2.21. The lowest BCUT2D eigenvalue weighted by atomic mass is 10.3. The smallest absolute Gasteiger partial charge is 0.264 e. The molecule has 2 aromatic carbocycles. The monoisotopic (exact) mass is 349 g/mol. The average molecular weight is 351 g/mol. The van der Waals surface area contributed by atoms with Crippen LogP contribution in [0, 0.1) is 0 Å². The van der Waals surface area contributed by atoms with Crippen LogP contribution in [0.5, 0.6) is 0 Å². The van der Waals surface area contributed by atoms with Gasteiger partial charge in [-0.2, -0.15) is 0 Å². The lowest BCUT2D eigenvalue weighted by Crippen LogP contribution is -2.26. The van der Waals surface area contributed by atoms with Gasteiger partial charge in [-0.1, -0.05) is 34.8 Å². The molecule has 0 saturated carbocycles. The second kappa shape index (κ2) is 5.82. The Hall–Kier alpha value is -0.940. The summed E-state index contributed by atoms with van der Waals surface area (Å²) in [4.78, 5) is 0.149. The molecule has 0 bridgehead atoms. The second-order valence-corrected chi connectivity index (χ2v) is 7.24. The van der Waals surface area contributed by atoms with E-state index in [0.29, 0.717) is 20.8 Å². The third kappa shape index (κ3) is 3.04. The molecule has 0 aliphatic carbocycles. The van der Waals surface area contributed by atoms with Gasteiger partial charge in [0.2, 0.25) is 0 Å². The summed E-state index contributed by atoms with van der Waals surface area (Å²) in [6.07, 6.45) is 0. The molecule has 7 heteroatoms. The number of nitrogens with zero attached hydrogens (tertiary/aromatic N) is 1. The van der Waals surface area contributed by atoms with Crippen molar-refractivity contribution in [1.29, 1.82) is 0 Å². The topological polar surface area (TPSA) is 37.4 Å². The number of anilines is 1. The molecule has 0 aromatic heterocycles. The van der Waals surface area contributed by atoms with Gasteiger partial charge in [0.1, 0.15) is 0 Å². The van der Waals surface area contributed by atoms with E-state index < -0.39 is 10.0 Å². The van der Waals surface area contributed by atoms with E-state index in [0.717, 1.165) is 4.31 Å². The highest BCUT2D eigenvalue weighted by Crippen LogP contribution is 2.29. The van der Waals surface area contributed by atoms with E-state index in [4.69, 9.17) is 34.8 Å². The predicted octanol–water partition coefficient (Wildman–Crippen LogP) is 4.47. The fourth-order valence-corrected chi connectivity index (χ4v) is 3.19. The van der Waals surface area contributed by atoms with Gasteiger partial charge < -0.3 is 0 Å². The first-order valence-electron chi connectivity index (χ1n) is 5.52. The van der Waals surface area contributed by atoms with Crippen LogP contribution in [0.4, 0.5) is 5.69 Å². The average Bonchev–Trinajstić information content (AvgIpc) is 2.41. The van der Waals surface area contributed by atoms with E-state index in [1.165, 1.54) is 37.4 Å². The van der Waals surface area contributed by atoms with Crippen molar-refractivity contribution in [2.24, 2.45) is 0 Å². The van der Waals surface area contributed by atoms with E-state index in [-0.39, 0.29) is 4.90 Å². The van der Waals surface area contributed by atoms with Crippen molar-refractivity contribution in [2.75, 3.05) is 11.4 Å². The maximum absolute atomic E-state index is 12.4. The molecule has 3 nitrogen and oxygen atoms in total. The Kier molecular flexibility index (Phi) is 4.49. The van der Waals surface area contributed by atoms with Crippen LogP contribution in [0.25, 0.3) is 0 Å². The van der Waals surface area contributed by atoms with E-state index in [1.54, 1.807) is 12.1 Å². The second-order valence-electron chi connectivity index (χ2n) is 4.02. The molecule has 106 valence electrons. The maximum atomic E-state index is 12.4. The number of sulfonamides is 1. The zero-order chi connectivity index (χ0) is 14.9. The Morgan fingerprint density at radius 1 is 0.900 bits per heavy atom. The Morgan fingerprint density at radius 3 is 2.05 bits per heavy atom. The number of rotatable bonds is 3. The van der Waals surface area contributed by atoms with Crippen LogP contribution in [0.1, 0.15) is 0 Å². The molecule has 0 aliphatic heterocycles. The van der Waals surface area contributed by atoms with Crippen molar-refractivity contribution >= 4 is 50.5 Å². The Labute approximate surface area is 132 Å². The van der Waals surface area contributed by atoms with Gasteiger partial charge in [0.15, 0.2) is 0 Å². The first-order chi connectivity index (χ1) is 9.32. The number of halogens is 3. The standard InChI is InChI=1S/C13H10Cl3NO2S/c1-17(10-4-7-12(15)13(16)8-10)20(18,19)11-5-2-9(14)3-6-11/h2-8H,1H3. The molecule has 0 atom stereocenters. The van der Waals surface area contributed by atoms with Gasteiger partial charge in [-0.05, 0) is 42.5 Å². The Morgan fingerprint density at radius 2 is 1.50 bits per heavy atom. The molecule has 0 spiro atoms. The van der Waals surface area contributed by atoms with E-state index in [1.807, 2.05) is 0 Å². The van der Waals surface area contributed by atoms with Crippen molar-refractivity contribution in [1.82, 2.24) is 0 Å². The van der Waals surface area contributed by atoms with Crippen LogP contribution in [-0.2, 0) is 10.0 Å². The molecule has 0 N–H and O–H groups in total. The summed E-state index contributed by atoms with van der Waals surface area (Å²) in [5, 5.41) is 1.14. The first kappa shape index (κ1) is 15.4. The Bertz CT molecular complexity index is 730. The summed E-state index contributed by atoms with van der Waals surface area (Å²) in [6.45, 7) is 0. The van der Waals surface area contributed by atoms with Crippen molar-refractivity contribution < 1.29 is 8.42 Å². The maximum Gasteiger partial charge on any atom is 0.264 e. The summed E-state index contributed by atoms with van der Waals surface area (Å²) in [7, 11) is -2.22. The largest absolute Gasteiger partial charge is 0.269 e. The van der Waals surface area contributed by atoms with Crippen LogP contribution in [0.15, 0.2) is 47.4 Å². The van der Waals surface area contributed by atoms with Crippen molar-refractivity contribution in [3.63, 3.8) is 0 Å². The molecule has 0 saturated heterocycles. The first-order valence-corrected chi connectivity index (χ1v) is 8.09. The van der Waals surface area contributed by atoms with Crippen molar-refractivity contribution in [2.45, 2.75) is 4.90 Å². The fourth-order valence-electron chi connectivity index (χ4n) is 1.58. The van der Waals surface area contributed by atoms with Gasteiger partial charge in [-0.25, -0.2) is 8.42 Å². The van der Waals surface area contributed by atoms with Crippen LogP contribution in [0.3, 0.4) is 0 Å². The third-order valence-corrected chi connectivity index (χ3v) is 5.53. The SMILES string of the molecule is CN(c1ccc(Cl)c(Cl)c1)S(=O)(=O)c1ccc(Cl)cc1. The van der Waals surface area contributed by atoms with E-state index >= 15 is 0 Å². The summed E-state index contributed by atoms with van der Waals surface area (Å²) in [5.74, 6) is 0. The van der Waals surface area contributed by atoms with Crippen LogP contribution < -0.4 is 4.31 Å². The molecule has 0 amide bonds. The summed E-state index contributed by atoms with van der Waals surface area (Å²) < 4.78 is 26.0. The number of hydrogen-bond donors (Lipinski definition) is 0. The normalized spacial score (nSPS) is 11.4. The Balaban J connectivity index is 2.42. The molecule has 0 radical (unpaired) electrons. The molecule has 0 fully saturated rings. The van der Waals surface area contributed by atoms with Gasteiger partial charge in [0, 0.05) is 12.1 Å². The van der Waals surface area contributed by atoms with Gasteiger partial charge in [0.05, 0.1) is 20.6 Å². The summed E-state index contributed by atoms with van der Waals surface area (Å²) in [6, 6.07) is 10.6. The highest BCUT2D eigenvalue weighted by molar-refractivity contribution is 7.92. The van der Waals surface area contributed by atoms with E-state index in [2.05, 4.69) is 0 Å². The molecule has 0 unspecified atom stereocenters. The highest BCUT2D eigenvalue weighted by atomic mass is 35.5. The molecule has 2 aromatic rings. The number of benzene rings is 2. The quantitative estimate of drug-likeness (QED) is 0.819. The minimum atomic E-state index is -3.67. The lowest BCUT2D eigenvalue weighted by Gasteiger charge is -2.20. The molecule has 0 aliphatic rings. The molecule has 0 heterocycles. The van der Waals surface area contributed by atoms with Crippen molar-refractivity contribution in [3.05, 3.63) is 57.5 Å². The summed E-state index contributed by atoms with van der Waals surface area (Å²) in [5.41, 5.74) is 0.425. The zero-order valence-corrected chi connectivity index (χ0v) is 13.4. The van der Waals surface area contributed by atoms with Gasteiger partial charge in [-0.3, -0.25) is 4.31 Å². The number of hydrogen-bond acceptors (Lipinski definition) is 2. The van der Waals surface area contributed by atoms with Crippen LogP contribution in [0.2, 0.25) is 15.1 Å². The van der Waals surface area contributed by atoms with Crippen LogP contribution in [-0.4, -0.2) is 15.5 Å². The molecular weight excluding hydrogens is 341 g/mol. The van der Waals surface area contributed by atoms with Gasteiger partial charge in [0.25, 0.3) is 10.0 Å². The minimum Gasteiger partial charge on any atom is -0.269 e. The fraction of sp³-hybridized carbons (Fsp3) is 0.0769. The minimum absolute atomic E-state index is 0.149. The molecule has 20 heavy (non-hydrogen) atoms. The third-order valence-electron chi connectivity index (χ3n) is 2.74. The van der Waals surface area contributed by atoms with Crippen LogP contribution >= 0.6 is 34.8 Å². The summed E-state index contributed by atoms with van der Waals surface area (Å²) >= 11 is 17.5. The van der Waals surface area contributed by atoms with Gasteiger partial charge >= 0.3 is 0 Å². The van der Waals surface area contributed by atoms with Gasteiger partial charge in [-0.15, -0.1) is 0 Å². The predicted molar refractivity (Wildman–Crippen MR) is 83.5 cm³/mol. The lowest BCUT2D eigenvalue weighted by molar-refractivity contribution is 0.594. The van der Waals surface area contributed by atoms with Crippen molar-refractivity contribution in [3.8, 4) is 0 Å². The molecular formula is C13H10Cl3NO2S. The van der Waals surface area contributed by atoms with E-state index in [9.17, 15) is 8.42 Å².